The summed E-state index contributed by atoms with van der Waals surface area (Å²) in [5, 5.41) is 0.920. The first-order valence-corrected chi connectivity index (χ1v) is 9.07. The van der Waals surface area contributed by atoms with Gasteiger partial charge in [0.05, 0.1) is 23.4 Å². The molecule has 0 fully saturated rings. The number of rotatable bonds is 5. The Morgan fingerprint density at radius 3 is 2.65 bits per heavy atom. The van der Waals surface area contributed by atoms with E-state index < -0.39 is 0 Å². The number of thiophene rings is 1. The average molecular weight is 346 g/mol. The smallest absolute Gasteiger partial charge is 0.341 e. The monoisotopic (exact) mass is 346 g/mol. The summed E-state index contributed by atoms with van der Waals surface area (Å²) in [5.74, 6) is -0.252. The Kier molecular flexibility index (Phi) is 4.63. The minimum atomic E-state index is -0.252. The molecule has 0 bridgehead atoms. The molecule has 6 heteroatoms. The number of carbonyl (C=O) groups excluding carboxylic acids is 1. The molecule has 0 aliphatic heterocycles. The van der Waals surface area contributed by atoms with Crippen LogP contribution < -0.4 is 0 Å². The Morgan fingerprint density at radius 2 is 2.00 bits per heavy atom. The van der Waals surface area contributed by atoms with Crippen LogP contribution in [-0.2, 0) is 11.2 Å². The van der Waals surface area contributed by atoms with E-state index >= 15 is 0 Å². The molecule has 0 aliphatic carbocycles. The topological polar surface area (TPSA) is 44.1 Å². The van der Waals surface area contributed by atoms with Gasteiger partial charge in [-0.05, 0) is 38.5 Å². The first kappa shape index (κ1) is 16.0. The second kappa shape index (κ2) is 6.68. The minimum absolute atomic E-state index is 0.252. The molecule has 0 aliphatic rings. The molecule has 0 spiro atoms. The zero-order chi connectivity index (χ0) is 16.4. The molecule has 3 aromatic rings. The number of thiazole rings is 1. The number of hydrogen-bond acceptors (Lipinski definition) is 5. The highest BCUT2D eigenvalue weighted by molar-refractivity contribution is 7.15. The SMILES string of the molecule is Cc1ncsc1CCOC(=O)c1c(-n2cccc2)sc(C)c1C. The fourth-order valence-electron chi connectivity index (χ4n) is 2.38. The van der Waals surface area contributed by atoms with Gasteiger partial charge in [-0.3, -0.25) is 0 Å². The average Bonchev–Trinajstić information content (AvgIpc) is 3.23. The highest BCUT2D eigenvalue weighted by Crippen LogP contribution is 2.31. The highest BCUT2D eigenvalue weighted by atomic mass is 32.1. The maximum Gasteiger partial charge on any atom is 0.341 e. The number of aryl methyl sites for hydroxylation is 2. The van der Waals surface area contributed by atoms with E-state index in [1.165, 1.54) is 4.88 Å². The number of esters is 1. The van der Waals surface area contributed by atoms with Crippen LogP contribution in [0.1, 0.15) is 31.4 Å². The molecule has 0 atom stereocenters. The number of nitrogens with zero attached hydrogens (tertiary/aromatic N) is 2. The van der Waals surface area contributed by atoms with Crippen molar-refractivity contribution in [3.63, 3.8) is 0 Å². The lowest BCUT2D eigenvalue weighted by Gasteiger charge is -2.07. The molecule has 0 aromatic carbocycles. The van der Waals surface area contributed by atoms with Gasteiger partial charge in [0.15, 0.2) is 0 Å². The summed E-state index contributed by atoms with van der Waals surface area (Å²) in [6.45, 7) is 6.36. The third kappa shape index (κ3) is 3.23. The second-order valence-electron chi connectivity index (χ2n) is 5.30. The van der Waals surface area contributed by atoms with Crippen LogP contribution in [0, 0.1) is 20.8 Å². The Balaban J connectivity index is 1.76. The number of hydrogen-bond donors (Lipinski definition) is 0. The highest BCUT2D eigenvalue weighted by Gasteiger charge is 2.21. The van der Waals surface area contributed by atoms with Crippen LogP contribution in [0.15, 0.2) is 30.0 Å². The molecule has 3 rings (SSSR count). The van der Waals surface area contributed by atoms with Crippen LogP contribution >= 0.6 is 22.7 Å². The van der Waals surface area contributed by atoms with Crippen LogP contribution in [0.4, 0.5) is 0 Å². The summed E-state index contributed by atoms with van der Waals surface area (Å²) in [4.78, 5) is 19.1. The molecule has 3 heterocycles. The van der Waals surface area contributed by atoms with Crippen molar-refractivity contribution in [1.29, 1.82) is 0 Å². The van der Waals surface area contributed by atoms with Crippen LogP contribution in [0.3, 0.4) is 0 Å². The lowest BCUT2D eigenvalue weighted by molar-refractivity contribution is 0.0509. The number of ether oxygens (including phenoxy) is 1. The zero-order valence-electron chi connectivity index (χ0n) is 13.3. The van der Waals surface area contributed by atoms with E-state index in [-0.39, 0.29) is 5.97 Å². The molecular formula is C17H18N2O2S2. The van der Waals surface area contributed by atoms with Crippen LogP contribution in [0.25, 0.3) is 5.00 Å². The van der Waals surface area contributed by atoms with Gasteiger partial charge in [-0.2, -0.15) is 0 Å². The van der Waals surface area contributed by atoms with Crippen molar-refractivity contribution in [2.45, 2.75) is 27.2 Å². The van der Waals surface area contributed by atoms with E-state index in [4.69, 9.17) is 4.74 Å². The maximum absolute atomic E-state index is 12.6. The molecule has 3 aromatic heterocycles. The van der Waals surface area contributed by atoms with Crippen molar-refractivity contribution < 1.29 is 9.53 Å². The Labute approximate surface area is 143 Å². The predicted molar refractivity (Wildman–Crippen MR) is 94.0 cm³/mol. The second-order valence-corrected chi connectivity index (χ2v) is 7.44. The molecule has 0 radical (unpaired) electrons. The Hall–Kier alpha value is -1.92. The number of carbonyl (C=O) groups is 1. The first-order valence-electron chi connectivity index (χ1n) is 7.37. The predicted octanol–water partition coefficient (Wildman–Crippen LogP) is 4.32. The van der Waals surface area contributed by atoms with E-state index in [9.17, 15) is 4.79 Å². The fraction of sp³-hybridized carbons (Fsp3) is 0.294. The maximum atomic E-state index is 12.6. The summed E-state index contributed by atoms with van der Waals surface area (Å²) < 4.78 is 7.49. The summed E-state index contributed by atoms with van der Waals surface area (Å²) in [6, 6.07) is 3.90. The van der Waals surface area contributed by atoms with Crippen molar-refractivity contribution in [3.8, 4) is 5.00 Å². The standard InChI is InChI=1S/C17H18N2O2S2/c1-11-13(3)23-16(19-7-4-5-8-19)15(11)17(20)21-9-6-14-12(2)18-10-22-14/h4-5,7-8,10H,6,9H2,1-3H3. The van der Waals surface area contributed by atoms with Crippen molar-refractivity contribution in [1.82, 2.24) is 9.55 Å². The summed E-state index contributed by atoms with van der Waals surface area (Å²) in [7, 11) is 0. The van der Waals surface area contributed by atoms with Crippen molar-refractivity contribution >= 4 is 28.6 Å². The van der Waals surface area contributed by atoms with E-state index in [0.717, 1.165) is 21.1 Å². The third-order valence-electron chi connectivity index (χ3n) is 3.82. The van der Waals surface area contributed by atoms with Gasteiger partial charge in [-0.1, -0.05) is 0 Å². The van der Waals surface area contributed by atoms with Crippen LogP contribution in [0.2, 0.25) is 0 Å². The van der Waals surface area contributed by atoms with Crippen LogP contribution in [0.5, 0.6) is 0 Å². The first-order chi connectivity index (χ1) is 11.1. The van der Waals surface area contributed by atoms with Gasteiger partial charge >= 0.3 is 5.97 Å². The Morgan fingerprint density at radius 1 is 1.26 bits per heavy atom. The summed E-state index contributed by atoms with van der Waals surface area (Å²) in [5.41, 5.74) is 4.51. The number of aromatic nitrogens is 2. The van der Waals surface area contributed by atoms with Gasteiger partial charge in [0.1, 0.15) is 5.00 Å². The molecule has 0 saturated carbocycles. The molecule has 0 N–H and O–H groups in total. The molecule has 0 saturated heterocycles. The van der Waals surface area contributed by atoms with Crippen LogP contribution in [-0.4, -0.2) is 22.1 Å². The zero-order valence-corrected chi connectivity index (χ0v) is 15.0. The summed E-state index contributed by atoms with van der Waals surface area (Å²) >= 11 is 3.22. The van der Waals surface area contributed by atoms with Crippen molar-refractivity contribution in [2.24, 2.45) is 0 Å². The minimum Gasteiger partial charge on any atom is -0.462 e. The fourth-order valence-corrected chi connectivity index (χ4v) is 4.25. The lowest BCUT2D eigenvalue weighted by atomic mass is 10.1. The molecule has 4 nitrogen and oxygen atoms in total. The van der Waals surface area contributed by atoms with E-state index in [0.29, 0.717) is 18.6 Å². The lowest BCUT2D eigenvalue weighted by Crippen LogP contribution is -2.11. The van der Waals surface area contributed by atoms with E-state index in [2.05, 4.69) is 4.98 Å². The van der Waals surface area contributed by atoms with E-state index in [1.54, 1.807) is 22.7 Å². The Bertz CT molecular complexity index is 816. The normalized spacial score (nSPS) is 10.9. The van der Waals surface area contributed by atoms with Gasteiger partial charge in [0.25, 0.3) is 0 Å². The molecular weight excluding hydrogens is 328 g/mol. The summed E-state index contributed by atoms with van der Waals surface area (Å²) in [6.07, 6.45) is 4.60. The van der Waals surface area contributed by atoms with Gasteiger partial charge in [-0.15, -0.1) is 22.7 Å². The van der Waals surface area contributed by atoms with Gasteiger partial charge in [-0.25, -0.2) is 9.78 Å². The quantitative estimate of drug-likeness (QED) is 0.646. The molecule has 0 amide bonds. The van der Waals surface area contributed by atoms with Crippen molar-refractivity contribution in [2.75, 3.05) is 6.61 Å². The molecule has 23 heavy (non-hydrogen) atoms. The van der Waals surface area contributed by atoms with Gasteiger partial charge in [0, 0.05) is 28.6 Å². The largest absolute Gasteiger partial charge is 0.462 e. The van der Waals surface area contributed by atoms with Gasteiger partial charge < -0.3 is 9.30 Å². The third-order valence-corrected chi connectivity index (χ3v) is 6.03. The molecule has 120 valence electrons. The van der Waals surface area contributed by atoms with Gasteiger partial charge in [0.2, 0.25) is 0 Å². The van der Waals surface area contributed by atoms with E-state index in [1.807, 2.05) is 55.4 Å². The molecule has 0 unspecified atom stereocenters. The van der Waals surface area contributed by atoms with Crippen molar-refractivity contribution in [3.05, 3.63) is 56.6 Å².